The number of nitrogens with zero attached hydrogens (tertiary/aromatic N) is 2. The maximum Gasteiger partial charge on any atom is 0.0769 e. The molecular weight excluding hydrogens is 236 g/mol. The van der Waals surface area contributed by atoms with Gasteiger partial charge in [0, 0.05) is 24.3 Å². The van der Waals surface area contributed by atoms with Gasteiger partial charge in [-0.05, 0) is 23.8 Å². The molecule has 0 aliphatic carbocycles. The summed E-state index contributed by atoms with van der Waals surface area (Å²) in [5, 5.41) is 4.28. The lowest BCUT2D eigenvalue weighted by Gasteiger charge is -2.11. The van der Waals surface area contributed by atoms with Gasteiger partial charge in [-0.3, -0.25) is 9.97 Å². The van der Waals surface area contributed by atoms with Crippen LogP contribution in [0.5, 0.6) is 0 Å². The molecule has 0 aliphatic heterocycles. The van der Waals surface area contributed by atoms with Crippen molar-refractivity contribution in [3.8, 4) is 0 Å². The average molecular weight is 250 g/mol. The molecule has 0 atom stereocenters. The molecule has 0 saturated heterocycles. The monoisotopic (exact) mass is 250 g/mol. The summed E-state index contributed by atoms with van der Waals surface area (Å²) in [5.41, 5.74) is 9.83. The molecule has 19 heavy (non-hydrogen) atoms. The fraction of sp³-hybridized carbons (Fsp3) is 0.0667. The Morgan fingerprint density at radius 1 is 1.05 bits per heavy atom. The van der Waals surface area contributed by atoms with Gasteiger partial charge in [-0.15, -0.1) is 0 Å². The van der Waals surface area contributed by atoms with Crippen molar-refractivity contribution in [1.82, 2.24) is 9.97 Å². The number of hydrogen-bond acceptors (Lipinski definition) is 4. The molecule has 2 heterocycles. The zero-order valence-corrected chi connectivity index (χ0v) is 10.4. The number of pyridine rings is 2. The Morgan fingerprint density at radius 2 is 1.84 bits per heavy atom. The minimum absolute atomic E-state index is 0.701. The van der Waals surface area contributed by atoms with E-state index in [4.69, 9.17) is 5.73 Å². The van der Waals surface area contributed by atoms with Crippen molar-refractivity contribution in [1.29, 1.82) is 0 Å². The number of fused-ring (bicyclic) bond motifs is 1. The second-order valence-corrected chi connectivity index (χ2v) is 4.31. The van der Waals surface area contributed by atoms with Crippen LogP contribution in [0, 0.1) is 0 Å². The van der Waals surface area contributed by atoms with Crippen LogP contribution >= 0.6 is 0 Å². The van der Waals surface area contributed by atoms with Gasteiger partial charge in [-0.25, -0.2) is 0 Å². The van der Waals surface area contributed by atoms with Crippen LogP contribution in [0.25, 0.3) is 10.9 Å². The van der Waals surface area contributed by atoms with Gasteiger partial charge in [0.1, 0.15) is 0 Å². The molecule has 0 radical (unpaired) electrons. The van der Waals surface area contributed by atoms with Gasteiger partial charge < -0.3 is 11.1 Å². The van der Waals surface area contributed by atoms with Gasteiger partial charge >= 0.3 is 0 Å². The third-order valence-corrected chi connectivity index (χ3v) is 3.05. The first-order valence-electron chi connectivity index (χ1n) is 6.10. The maximum absolute atomic E-state index is 6.17. The number of hydrogen-bond donors (Lipinski definition) is 2. The van der Waals surface area contributed by atoms with Crippen LogP contribution in [-0.2, 0) is 6.54 Å². The fourth-order valence-electron chi connectivity index (χ4n) is 2.00. The van der Waals surface area contributed by atoms with Crippen LogP contribution in [0.2, 0.25) is 0 Å². The first kappa shape index (κ1) is 11.5. The molecule has 0 bridgehead atoms. The summed E-state index contributed by atoms with van der Waals surface area (Å²) >= 11 is 0. The number of nitrogens with one attached hydrogen (secondary N) is 1. The SMILES string of the molecule is Nc1c(NCc2ccncc2)cnc2ccccc12. The Morgan fingerprint density at radius 3 is 2.68 bits per heavy atom. The lowest BCUT2D eigenvalue weighted by atomic mass is 10.1. The van der Waals surface area contributed by atoms with Gasteiger partial charge in [-0.2, -0.15) is 0 Å². The Kier molecular flexibility index (Phi) is 2.98. The fourth-order valence-corrected chi connectivity index (χ4v) is 2.00. The minimum atomic E-state index is 0.701. The molecule has 3 N–H and O–H groups in total. The zero-order valence-electron chi connectivity index (χ0n) is 10.4. The molecule has 2 aromatic heterocycles. The molecule has 0 unspecified atom stereocenters. The highest BCUT2D eigenvalue weighted by atomic mass is 14.9. The second kappa shape index (κ2) is 4.94. The minimum Gasteiger partial charge on any atom is -0.396 e. The molecule has 94 valence electrons. The normalized spacial score (nSPS) is 10.5. The summed E-state index contributed by atoms with van der Waals surface area (Å²) in [4.78, 5) is 8.39. The van der Waals surface area contributed by atoms with Crippen LogP contribution in [-0.4, -0.2) is 9.97 Å². The number of para-hydroxylation sites is 1. The quantitative estimate of drug-likeness (QED) is 0.750. The Hall–Kier alpha value is -2.62. The van der Waals surface area contributed by atoms with Gasteiger partial charge in [0.25, 0.3) is 0 Å². The van der Waals surface area contributed by atoms with Crippen molar-refractivity contribution in [3.63, 3.8) is 0 Å². The molecular formula is C15H14N4. The van der Waals surface area contributed by atoms with Gasteiger partial charge in [0.2, 0.25) is 0 Å². The molecule has 0 saturated carbocycles. The topological polar surface area (TPSA) is 63.8 Å². The van der Waals surface area contributed by atoms with E-state index in [9.17, 15) is 0 Å². The van der Waals surface area contributed by atoms with E-state index in [1.54, 1.807) is 18.6 Å². The highest BCUT2D eigenvalue weighted by Crippen LogP contribution is 2.26. The summed E-state index contributed by atoms with van der Waals surface area (Å²) in [7, 11) is 0. The van der Waals surface area contributed by atoms with Crippen molar-refractivity contribution >= 4 is 22.3 Å². The van der Waals surface area contributed by atoms with E-state index < -0.39 is 0 Å². The molecule has 0 fully saturated rings. The van der Waals surface area contributed by atoms with Crippen molar-refractivity contribution < 1.29 is 0 Å². The van der Waals surface area contributed by atoms with E-state index in [0.29, 0.717) is 6.54 Å². The number of nitrogen functional groups attached to an aromatic ring is 1. The van der Waals surface area contributed by atoms with Gasteiger partial charge in [0.15, 0.2) is 0 Å². The third-order valence-electron chi connectivity index (χ3n) is 3.05. The molecule has 0 spiro atoms. The van der Waals surface area contributed by atoms with E-state index in [1.807, 2.05) is 36.4 Å². The number of anilines is 2. The van der Waals surface area contributed by atoms with Crippen LogP contribution in [0.3, 0.4) is 0 Å². The molecule has 0 amide bonds. The van der Waals surface area contributed by atoms with Gasteiger partial charge in [-0.1, -0.05) is 18.2 Å². The van der Waals surface area contributed by atoms with E-state index in [0.717, 1.165) is 27.8 Å². The Labute approximate surface area is 111 Å². The molecule has 1 aromatic carbocycles. The standard InChI is InChI=1S/C15H14N4/c16-15-12-3-1-2-4-13(12)19-10-14(15)18-9-11-5-7-17-8-6-11/h1-8,10,18H,9H2,(H2,16,19). The molecule has 0 aliphatic rings. The van der Waals surface area contributed by atoms with E-state index >= 15 is 0 Å². The van der Waals surface area contributed by atoms with Crippen molar-refractivity contribution in [3.05, 3.63) is 60.6 Å². The predicted molar refractivity (Wildman–Crippen MR) is 77.7 cm³/mol. The van der Waals surface area contributed by atoms with Crippen molar-refractivity contribution in [2.75, 3.05) is 11.1 Å². The largest absolute Gasteiger partial charge is 0.396 e. The zero-order chi connectivity index (χ0) is 13.1. The molecule has 3 aromatic rings. The van der Waals surface area contributed by atoms with Gasteiger partial charge in [0.05, 0.1) is 23.1 Å². The van der Waals surface area contributed by atoms with Crippen molar-refractivity contribution in [2.24, 2.45) is 0 Å². The Bertz CT molecular complexity index is 695. The number of aromatic nitrogens is 2. The number of rotatable bonds is 3. The number of nitrogens with two attached hydrogens (primary N) is 1. The number of benzene rings is 1. The second-order valence-electron chi connectivity index (χ2n) is 4.31. The highest BCUT2D eigenvalue weighted by molar-refractivity contribution is 5.96. The lowest BCUT2D eigenvalue weighted by molar-refractivity contribution is 1.12. The molecule has 4 nitrogen and oxygen atoms in total. The van der Waals surface area contributed by atoms with Crippen LogP contribution in [0.1, 0.15) is 5.56 Å². The smallest absolute Gasteiger partial charge is 0.0769 e. The first-order valence-corrected chi connectivity index (χ1v) is 6.10. The summed E-state index contributed by atoms with van der Waals surface area (Å²) < 4.78 is 0. The third kappa shape index (κ3) is 2.33. The van der Waals surface area contributed by atoms with Crippen LogP contribution in [0.15, 0.2) is 55.0 Å². The molecule has 3 rings (SSSR count). The highest BCUT2D eigenvalue weighted by Gasteiger charge is 2.04. The molecule has 4 heteroatoms. The van der Waals surface area contributed by atoms with E-state index in [-0.39, 0.29) is 0 Å². The van der Waals surface area contributed by atoms with Crippen LogP contribution < -0.4 is 11.1 Å². The maximum atomic E-state index is 6.17. The van der Waals surface area contributed by atoms with Crippen LogP contribution in [0.4, 0.5) is 11.4 Å². The summed E-state index contributed by atoms with van der Waals surface area (Å²) in [5.74, 6) is 0. The summed E-state index contributed by atoms with van der Waals surface area (Å²) in [6, 6.07) is 11.8. The summed E-state index contributed by atoms with van der Waals surface area (Å²) in [6.07, 6.45) is 5.33. The summed E-state index contributed by atoms with van der Waals surface area (Å²) in [6.45, 7) is 0.701. The first-order chi connectivity index (χ1) is 9.34. The lowest BCUT2D eigenvalue weighted by Crippen LogP contribution is -2.03. The average Bonchev–Trinajstić information content (AvgIpc) is 2.48. The van der Waals surface area contributed by atoms with E-state index in [1.165, 1.54) is 0 Å². The van der Waals surface area contributed by atoms with E-state index in [2.05, 4.69) is 15.3 Å². The Balaban J connectivity index is 1.87. The van der Waals surface area contributed by atoms with Crippen molar-refractivity contribution in [2.45, 2.75) is 6.54 Å². The predicted octanol–water partition coefficient (Wildman–Crippen LogP) is 2.82.